The van der Waals surface area contributed by atoms with Crippen molar-refractivity contribution in [3.05, 3.63) is 35.9 Å². The van der Waals surface area contributed by atoms with E-state index in [0.29, 0.717) is 19.4 Å². The number of likely N-dealkylation sites (N-methyl/N-ethyl adjacent to an activating group) is 2. The minimum Gasteiger partial charge on any atom is -0.392 e. The van der Waals surface area contributed by atoms with Gasteiger partial charge >= 0.3 is 0 Å². The Kier molecular flexibility index (Phi) is 20.6. The molecule has 4 N–H and O–H groups in total. The highest BCUT2D eigenvalue weighted by molar-refractivity contribution is 5.90. The van der Waals surface area contributed by atoms with Crippen LogP contribution in [0.25, 0.3) is 0 Å². The summed E-state index contributed by atoms with van der Waals surface area (Å²) in [5, 5.41) is 18.4. The van der Waals surface area contributed by atoms with Gasteiger partial charge in [-0.3, -0.25) is 28.9 Å². The molecule has 10 atom stereocenters. The molecular formula is C43H74N6O8. The molecule has 0 aromatic heterocycles. The quantitative estimate of drug-likeness (QED) is 0.130. The summed E-state index contributed by atoms with van der Waals surface area (Å²) in [6.07, 6.45) is 0.227. The van der Waals surface area contributed by atoms with Crippen molar-refractivity contribution in [3.8, 4) is 0 Å². The number of ether oxygens (including phenoxy) is 2. The maximum absolute atomic E-state index is 14.3. The van der Waals surface area contributed by atoms with Gasteiger partial charge in [0.05, 0.1) is 48.8 Å². The highest BCUT2D eigenvalue weighted by Gasteiger charge is 2.43. The number of benzene rings is 1. The molecule has 1 aliphatic rings. The molecule has 1 fully saturated rings. The zero-order valence-corrected chi connectivity index (χ0v) is 36.9. The number of hydrogen-bond donors (Lipinski definition) is 4. The van der Waals surface area contributed by atoms with Crippen molar-refractivity contribution < 1.29 is 38.6 Å². The SMILES string of the molecule is CC[C@H](C)C([C@@H](CC(=O)N1CCC[C@H]1[C@H](OC)[C@@H](C)C(=O)N[C@@H](Cc1ccccc1)C(=O)NC[C@@H](C)O)OC)N(C)C(=O)[C@@H](NC(=O)C(C(C)C)N(C)C)C(C)C. The first kappa shape index (κ1) is 49.6. The highest BCUT2D eigenvalue weighted by atomic mass is 16.5. The summed E-state index contributed by atoms with van der Waals surface area (Å²) in [6.45, 7) is 15.6. The molecule has 324 valence electrons. The van der Waals surface area contributed by atoms with Gasteiger partial charge in [-0.25, -0.2) is 0 Å². The Morgan fingerprint density at radius 1 is 0.877 bits per heavy atom. The maximum atomic E-state index is 14.3. The smallest absolute Gasteiger partial charge is 0.245 e. The number of nitrogens with zero attached hydrogens (tertiary/aromatic N) is 3. The fourth-order valence-electron chi connectivity index (χ4n) is 8.15. The Bertz CT molecular complexity index is 1420. The summed E-state index contributed by atoms with van der Waals surface area (Å²) in [5.41, 5.74) is 0.864. The standard InChI is InChI=1S/C43H74N6O8/c1-14-28(6)38(48(11)43(55)36(26(2)3)46-42(54)37(27(4)5)47(9)10)34(56-12)24-35(51)49-22-18-21-33(49)39(57-13)30(8)40(52)45-32(41(53)44-25-29(7)50)23-31-19-16-15-17-20-31/h15-17,19-20,26-30,32-34,36-39,50H,14,18,21-25H2,1-13H3,(H,44,53)(H,45,52)(H,46,54)/t28-,29+,30+,32-,33-,34+,36-,37?,38?,39+/m0/s1. The molecule has 2 rings (SSSR count). The van der Waals surface area contributed by atoms with Crippen molar-refractivity contribution in [2.45, 2.75) is 136 Å². The second-order valence-electron chi connectivity index (χ2n) is 16.8. The second kappa shape index (κ2) is 23.7. The van der Waals surface area contributed by atoms with Gasteiger partial charge in [-0.2, -0.15) is 0 Å². The fourth-order valence-corrected chi connectivity index (χ4v) is 8.15. The van der Waals surface area contributed by atoms with Crippen LogP contribution in [0.2, 0.25) is 0 Å². The molecule has 1 aromatic carbocycles. The minimum atomic E-state index is -0.896. The van der Waals surface area contributed by atoms with Crippen molar-refractivity contribution >= 4 is 29.5 Å². The first-order chi connectivity index (χ1) is 26.8. The van der Waals surface area contributed by atoms with Crippen LogP contribution >= 0.6 is 0 Å². The maximum Gasteiger partial charge on any atom is 0.245 e. The number of nitrogens with one attached hydrogen (secondary N) is 3. The van der Waals surface area contributed by atoms with E-state index in [1.54, 1.807) is 37.8 Å². The van der Waals surface area contributed by atoms with Crippen LogP contribution < -0.4 is 16.0 Å². The number of methoxy groups -OCH3 is 2. The van der Waals surface area contributed by atoms with E-state index in [9.17, 15) is 29.1 Å². The van der Waals surface area contributed by atoms with E-state index in [4.69, 9.17) is 9.47 Å². The molecule has 0 spiro atoms. The molecule has 1 saturated heterocycles. The zero-order chi connectivity index (χ0) is 43.1. The number of carbonyl (C=O) groups excluding carboxylic acids is 5. The molecular weight excluding hydrogens is 729 g/mol. The third-order valence-corrected chi connectivity index (χ3v) is 11.4. The summed E-state index contributed by atoms with van der Waals surface area (Å²) < 4.78 is 12.0. The Balaban J connectivity index is 2.30. The number of likely N-dealkylation sites (tertiary alicyclic amines) is 1. The molecule has 14 heteroatoms. The predicted molar refractivity (Wildman–Crippen MR) is 222 cm³/mol. The van der Waals surface area contributed by atoms with E-state index in [2.05, 4.69) is 16.0 Å². The number of carbonyl (C=O) groups is 5. The lowest BCUT2D eigenvalue weighted by atomic mass is 9.89. The van der Waals surface area contributed by atoms with E-state index in [1.165, 1.54) is 7.11 Å². The number of hydrogen-bond acceptors (Lipinski definition) is 9. The van der Waals surface area contributed by atoms with E-state index in [0.717, 1.165) is 12.0 Å². The summed E-state index contributed by atoms with van der Waals surface area (Å²) in [5.74, 6) is -2.36. The molecule has 1 heterocycles. The summed E-state index contributed by atoms with van der Waals surface area (Å²) >= 11 is 0. The van der Waals surface area contributed by atoms with Gasteiger partial charge in [-0.1, -0.05) is 85.2 Å². The Morgan fingerprint density at radius 3 is 2.02 bits per heavy atom. The molecule has 0 saturated carbocycles. The molecule has 1 aromatic rings. The van der Waals surface area contributed by atoms with Crippen LogP contribution in [0, 0.1) is 23.7 Å². The van der Waals surface area contributed by atoms with Gasteiger partial charge in [0.2, 0.25) is 29.5 Å². The third-order valence-electron chi connectivity index (χ3n) is 11.4. The summed E-state index contributed by atoms with van der Waals surface area (Å²) in [4.78, 5) is 74.3. The number of amides is 5. The molecule has 0 bridgehead atoms. The predicted octanol–water partition coefficient (Wildman–Crippen LogP) is 2.86. The van der Waals surface area contributed by atoms with Gasteiger partial charge in [-0.15, -0.1) is 0 Å². The summed E-state index contributed by atoms with van der Waals surface area (Å²) in [6, 6.07) is 6.39. The van der Waals surface area contributed by atoms with Crippen LogP contribution in [0.5, 0.6) is 0 Å². The monoisotopic (exact) mass is 803 g/mol. The average molecular weight is 803 g/mol. The van der Waals surface area contributed by atoms with Crippen LogP contribution in [0.3, 0.4) is 0 Å². The molecule has 0 aliphatic carbocycles. The van der Waals surface area contributed by atoms with Gasteiger partial charge in [0.15, 0.2) is 0 Å². The van der Waals surface area contributed by atoms with E-state index in [-0.39, 0.29) is 54.9 Å². The lowest BCUT2D eigenvalue weighted by Crippen LogP contribution is -2.59. The van der Waals surface area contributed by atoms with Crippen LogP contribution in [0.1, 0.15) is 86.6 Å². The molecule has 0 radical (unpaired) electrons. The van der Waals surface area contributed by atoms with Gasteiger partial charge in [-0.05, 0) is 57.2 Å². The van der Waals surface area contributed by atoms with E-state index < -0.39 is 66.3 Å². The van der Waals surface area contributed by atoms with E-state index in [1.807, 2.05) is 90.9 Å². The molecule has 2 unspecified atom stereocenters. The Labute approximate surface area is 342 Å². The number of rotatable bonds is 23. The molecule has 57 heavy (non-hydrogen) atoms. The first-order valence-corrected chi connectivity index (χ1v) is 20.7. The minimum absolute atomic E-state index is 0.00596. The Hall–Kier alpha value is -3.59. The number of aliphatic hydroxyl groups excluding tert-OH is 1. The van der Waals surface area contributed by atoms with Crippen molar-refractivity contribution in [1.29, 1.82) is 0 Å². The van der Waals surface area contributed by atoms with Crippen molar-refractivity contribution in [2.75, 3.05) is 48.5 Å². The lowest BCUT2D eigenvalue weighted by Gasteiger charge is -2.41. The van der Waals surface area contributed by atoms with Crippen molar-refractivity contribution in [3.63, 3.8) is 0 Å². The second-order valence-corrected chi connectivity index (χ2v) is 16.8. The normalized spacial score (nSPS) is 19.2. The van der Waals surface area contributed by atoms with Gasteiger partial charge in [0.1, 0.15) is 12.1 Å². The molecule has 14 nitrogen and oxygen atoms in total. The van der Waals surface area contributed by atoms with Crippen LogP contribution in [0.4, 0.5) is 0 Å². The molecule has 1 aliphatic heterocycles. The average Bonchev–Trinajstić information content (AvgIpc) is 3.64. The third kappa shape index (κ3) is 14.0. The topological polar surface area (TPSA) is 170 Å². The first-order valence-electron chi connectivity index (χ1n) is 20.7. The van der Waals surface area contributed by atoms with Crippen LogP contribution in [-0.4, -0.2) is 146 Å². The van der Waals surface area contributed by atoms with Gasteiger partial charge in [0.25, 0.3) is 0 Å². The lowest BCUT2D eigenvalue weighted by molar-refractivity contribution is -0.148. The van der Waals surface area contributed by atoms with Crippen molar-refractivity contribution in [1.82, 2.24) is 30.7 Å². The van der Waals surface area contributed by atoms with Crippen LogP contribution in [-0.2, 0) is 39.9 Å². The highest BCUT2D eigenvalue weighted by Crippen LogP contribution is 2.30. The van der Waals surface area contributed by atoms with Crippen LogP contribution in [0.15, 0.2) is 30.3 Å². The van der Waals surface area contributed by atoms with Gasteiger partial charge < -0.3 is 40.3 Å². The Morgan fingerprint density at radius 2 is 1.51 bits per heavy atom. The fraction of sp³-hybridized carbons (Fsp3) is 0.744. The summed E-state index contributed by atoms with van der Waals surface area (Å²) in [7, 11) is 8.49. The number of aliphatic hydroxyl groups is 1. The molecule has 5 amide bonds. The van der Waals surface area contributed by atoms with Gasteiger partial charge in [0, 0.05) is 40.8 Å². The largest absolute Gasteiger partial charge is 0.392 e. The van der Waals surface area contributed by atoms with Crippen molar-refractivity contribution in [2.24, 2.45) is 23.7 Å². The zero-order valence-electron chi connectivity index (χ0n) is 36.9. The van der Waals surface area contributed by atoms with E-state index >= 15 is 0 Å².